The summed E-state index contributed by atoms with van der Waals surface area (Å²) in [5, 5.41) is 8.28. The molecule has 0 unspecified atom stereocenters. The van der Waals surface area contributed by atoms with Crippen LogP contribution in [0.15, 0.2) is 67.0 Å². The summed E-state index contributed by atoms with van der Waals surface area (Å²) in [6, 6.07) is 20.2. The van der Waals surface area contributed by atoms with Crippen molar-refractivity contribution < 1.29 is 4.57 Å². The van der Waals surface area contributed by atoms with Crippen molar-refractivity contribution in [3.05, 3.63) is 67.0 Å². The molecule has 0 radical (unpaired) electrons. The van der Waals surface area contributed by atoms with Gasteiger partial charge in [-0.2, -0.15) is 4.57 Å². The van der Waals surface area contributed by atoms with Crippen LogP contribution in [0.4, 0.5) is 0 Å². The van der Waals surface area contributed by atoms with Gasteiger partial charge >= 0.3 is 0 Å². The summed E-state index contributed by atoms with van der Waals surface area (Å²) in [6.45, 7) is 0.870. The van der Waals surface area contributed by atoms with Gasteiger partial charge in [-0.25, -0.2) is 0 Å². The van der Waals surface area contributed by atoms with Gasteiger partial charge in [-0.15, -0.1) is 11.3 Å². The summed E-state index contributed by atoms with van der Waals surface area (Å²) in [5.74, 6) is 0. The van der Waals surface area contributed by atoms with Gasteiger partial charge in [0.25, 0.3) is 0 Å². The summed E-state index contributed by atoms with van der Waals surface area (Å²) in [7, 11) is 0. The van der Waals surface area contributed by atoms with Crippen LogP contribution in [-0.4, -0.2) is 4.57 Å². The third kappa shape index (κ3) is 1.33. The van der Waals surface area contributed by atoms with Gasteiger partial charge in [0.05, 0.1) is 21.0 Å². The number of nitrogens with zero attached hydrogens (tertiary/aromatic N) is 2. The molecule has 0 bridgehead atoms. The summed E-state index contributed by atoms with van der Waals surface area (Å²) in [4.78, 5) is 0. The van der Waals surface area contributed by atoms with E-state index < -0.39 is 0 Å². The van der Waals surface area contributed by atoms with E-state index in [0.717, 1.165) is 6.67 Å². The molecule has 0 saturated carbocycles. The van der Waals surface area contributed by atoms with E-state index in [2.05, 4.69) is 76.1 Å². The molecule has 7 rings (SSSR count). The van der Waals surface area contributed by atoms with E-state index in [1.807, 2.05) is 11.3 Å². The fourth-order valence-electron chi connectivity index (χ4n) is 4.69. The van der Waals surface area contributed by atoms with Crippen molar-refractivity contribution in [2.24, 2.45) is 0 Å². The van der Waals surface area contributed by atoms with Crippen LogP contribution < -0.4 is 4.57 Å². The van der Waals surface area contributed by atoms with Crippen molar-refractivity contribution in [2.75, 3.05) is 0 Å². The van der Waals surface area contributed by atoms with E-state index >= 15 is 0 Å². The molecule has 0 N–H and O–H groups in total. The number of pyridine rings is 1. The van der Waals surface area contributed by atoms with Crippen LogP contribution in [0.25, 0.3) is 52.8 Å². The molecule has 0 amide bonds. The fourth-order valence-corrected chi connectivity index (χ4v) is 5.83. The van der Waals surface area contributed by atoms with E-state index in [-0.39, 0.29) is 0 Å². The second-order valence-electron chi connectivity index (χ2n) is 6.89. The predicted molar refractivity (Wildman–Crippen MR) is 105 cm³/mol. The number of rotatable bonds is 0. The first-order chi connectivity index (χ1) is 12.4. The van der Waals surface area contributed by atoms with Crippen LogP contribution in [0.3, 0.4) is 0 Å². The van der Waals surface area contributed by atoms with Crippen molar-refractivity contribution in [1.82, 2.24) is 4.57 Å². The van der Waals surface area contributed by atoms with Gasteiger partial charge in [0.2, 0.25) is 12.2 Å². The molecule has 0 fully saturated rings. The molecule has 25 heavy (non-hydrogen) atoms. The van der Waals surface area contributed by atoms with Crippen LogP contribution in [0, 0.1) is 0 Å². The van der Waals surface area contributed by atoms with Crippen LogP contribution in [0.5, 0.6) is 0 Å². The number of benzene rings is 3. The van der Waals surface area contributed by atoms with Crippen LogP contribution >= 0.6 is 11.3 Å². The van der Waals surface area contributed by atoms with E-state index in [9.17, 15) is 0 Å². The molecule has 0 spiro atoms. The normalized spacial score (nSPS) is 13.4. The molecule has 4 heterocycles. The summed E-state index contributed by atoms with van der Waals surface area (Å²) in [6.07, 6.45) is 4.46. The lowest BCUT2D eigenvalue weighted by Crippen LogP contribution is -2.35. The third-order valence-corrected chi connectivity index (χ3v) is 6.78. The molecule has 3 aromatic heterocycles. The lowest BCUT2D eigenvalue weighted by molar-refractivity contribution is -0.672. The summed E-state index contributed by atoms with van der Waals surface area (Å²) >= 11 is 1.91. The van der Waals surface area contributed by atoms with Crippen molar-refractivity contribution in [3.8, 4) is 0 Å². The average molecular weight is 337 g/mol. The largest absolute Gasteiger partial charge is 0.290 e. The molecule has 3 aromatic carbocycles. The molecule has 3 heteroatoms. The maximum atomic E-state index is 2.41. The second-order valence-corrected chi connectivity index (χ2v) is 7.97. The van der Waals surface area contributed by atoms with Crippen LogP contribution in [-0.2, 0) is 6.67 Å². The Morgan fingerprint density at radius 1 is 0.760 bits per heavy atom. The van der Waals surface area contributed by atoms with E-state index in [0.29, 0.717) is 0 Å². The molecule has 1 aliphatic heterocycles. The number of hydrogen-bond donors (Lipinski definition) is 0. The Hall–Kier alpha value is -2.91. The van der Waals surface area contributed by atoms with E-state index in [4.69, 9.17) is 0 Å². The quantitative estimate of drug-likeness (QED) is 0.258. The van der Waals surface area contributed by atoms with Crippen LogP contribution in [0.1, 0.15) is 0 Å². The van der Waals surface area contributed by atoms with Gasteiger partial charge in [0, 0.05) is 22.3 Å². The minimum atomic E-state index is 0.870. The standard InChI is InChI=1S/C22H13N2S/c1-2-5-14-13(4-1)15-7-8-17-20-19(15)21-16(14)9-11-24(21)12-23-10-3-6-18(25-17)22(20)23/h1-11H,12H2/q+1. The molecule has 0 aliphatic carbocycles. The Balaban J connectivity index is 1.98. The SMILES string of the molecule is c1ccc2c(c1)c1ccc3sc4cccn5c4c3c1c1c2cc[n+]1C5. The number of hydrogen-bond acceptors (Lipinski definition) is 1. The zero-order chi connectivity index (χ0) is 16.1. The smallest absolute Gasteiger partial charge is 0.228 e. The molecule has 1 aliphatic rings. The molecule has 2 nitrogen and oxygen atoms in total. The van der Waals surface area contributed by atoms with E-state index in [1.165, 1.54) is 52.8 Å². The molecule has 6 aromatic rings. The Kier molecular flexibility index (Phi) is 2.00. The van der Waals surface area contributed by atoms with Gasteiger partial charge in [0.15, 0.2) is 6.20 Å². The average Bonchev–Trinajstić information content (AvgIpc) is 3.19. The van der Waals surface area contributed by atoms with Gasteiger partial charge in [-0.3, -0.25) is 4.57 Å². The first-order valence-corrected chi connectivity index (χ1v) is 9.39. The summed E-state index contributed by atoms with van der Waals surface area (Å²) in [5.41, 5.74) is 2.76. The van der Waals surface area contributed by atoms with Crippen molar-refractivity contribution >= 4 is 64.1 Å². The Morgan fingerprint density at radius 3 is 2.56 bits per heavy atom. The number of fused-ring (bicyclic) bond motifs is 3. The van der Waals surface area contributed by atoms with Crippen LogP contribution in [0.2, 0.25) is 0 Å². The summed E-state index contributed by atoms with van der Waals surface area (Å²) < 4.78 is 7.57. The lowest BCUT2D eigenvalue weighted by Gasteiger charge is -2.05. The van der Waals surface area contributed by atoms with Gasteiger partial charge < -0.3 is 0 Å². The zero-order valence-electron chi connectivity index (χ0n) is 13.4. The van der Waals surface area contributed by atoms with E-state index in [1.54, 1.807) is 0 Å². The Morgan fingerprint density at radius 2 is 1.64 bits per heavy atom. The molecule has 0 saturated heterocycles. The second kappa shape index (κ2) is 4.01. The monoisotopic (exact) mass is 337 g/mol. The van der Waals surface area contributed by atoms with Gasteiger partial charge in [-0.1, -0.05) is 30.3 Å². The van der Waals surface area contributed by atoms with Crippen molar-refractivity contribution in [2.45, 2.75) is 6.67 Å². The molecule has 0 atom stereocenters. The highest BCUT2D eigenvalue weighted by Crippen LogP contribution is 2.44. The molecular formula is C22H13N2S+. The Labute approximate surface area is 147 Å². The minimum Gasteiger partial charge on any atom is -0.290 e. The first-order valence-electron chi connectivity index (χ1n) is 8.57. The maximum absolute atomic E-state index is 2.41. The molecule has 116 valence electrons. The maximum Gasteiger partial charge on any atom is 0.228 e. The topological polar surface area (TPSA) is 8.81 Å². The highest BCUT2D eigenvalue weighted by atomic mass is 32.1. The first kappa shape index (κ1) is 12.5. The minimum absolute atomic E-state index is 0.870. The Bertz CT molecular complexity index is 1520. The number of thiophene rings is 1. The predicted octanol–water partition coefficient (Wildman–Crippen LogP) is 5.42. The fraction of sp³-hybridized carbons (Fsp3) is 0.0455. The van der Waals surface area contributed by atoms with Gasteiger partial charge in [0.1, 0.15) is 0 Å². The van der Waals surface area contributed by atoms with Gasteiger partial charge in [-0.05, 0) is 34.4 Å². The number of aromatic nitrogens is 2. The van der Waals surface area contributed by atoms with Crippen molar-refractivity contribution in [3.63, 3.8) is 0 Å². The third-order valence-electron chi connectivity index (χ3n) is 5.67. The zero-order valence-corrected chi connectivity index (χ0v) is 14.2. The molecular weight excluding hydrogens is 324 g/mol. The highest BCUT2D eigenvalue weighted by Gasteiger charge is 2.26. The van der Waals surface area contributed by atoms with Crippen molar-refractivity contribution in [1.29, 1.82) is 0 Å². The lowest BCUT2D eigenvalue weighted by atomic mass is 9.96. The highest BCUT2D eigenvalue weighted by molar-refractivity contribution is 7.26.